The molecule has 0 spiro atoms. The molecule has 0 aliphatic heterocycles. The topological polar surface area (TPSA) is 32.9 Å². The Hall–Kier alpha value is -1.64. The van der Waals surface area contributed by atoms with Gasteiger partial charge in [-0.1, -0.05) is 19.9 Å². The van der Waals surface area contributed by atoms with E-state index in [2.05, 4.69) is 4.98 Å². The fourth-order valence-corrected chi connectivity index (χ4v) is 2.11. The summed E-state index contributed by atoms with van der Waals surface area (Å²) in [6.07, 6.45) is 0. The van der Waals surface area contributed by atoms with Gasteiger partial charge in [-0.2, -0.15) is 0 Å². The molecule has 2 aromatic rings. The van der Waals surface area contributed by atoms with Crippen LogP contribution in [0.15, 0.2) is 23.0 Å². The molecule has 3 heteroatoms. The van der Waals surface area contributed by atoms with Gasteiger partial charge in [0.1, 0.15) is 5.82 Å². The van der Waals surface area contributed by atoms with E-state index in [9.17, 15) is 9.18 Å². The summed E-state index contributed by atoms with van der Waals surface area (Å²) in [6.45, 7) is 5.73. The van der Waals surface area contributed by atoms with E-state index in [1.165, 1.54) is 6.07 Å². The second-order valence-electron chi connectivity index (χ2n) is 4.31. The lowest BCUT2D eigenvalue weighted by Gasteiger charge is -2.10. The quantitative estimate of drug-likeness (QED) is 0.785. The van der Waals surface area contributed by atoms with Crippen LogP contribution in [-0.2, 0) is 0 Å². The highest BCUT2D eigenvalue weighted by atomic mass is 19.1. The van der Waals surface area contributed by atoms with Crippen LogP contribution < -0.4 is 5.43 Å². The van der Waals surface area contributed by atoms with Gasteiger partial charge in [0, 0.05) is 16.6 Å². The van der Waals surface area contributed by atoms with Gasteiger partial charge >= 0.3 is 0 Å². The maximum atomic E-state index is 13.5. The van der Waals surface area contributed by atoms with Gasteiger partial charge in [0.25, 0.3) is 0 Å². The molecule has 0 radical (unpaired) electrons. The van der Waals surface area contributed by atoms with Crippen LogP contribution in [0.3, 0.4) is 0 Å². The Balaban J connectivity index is 2.95. The minimum Gasteiger partial charge on any atom is -0.356 e. The normalized spacial score (nSPS) is 11.3. The number of hydrogen-bond donors (Lipinski definition) is 1. The van der Waals surface area contributed by atoms with Gasteiger partial charge in [-0.25, -0.2) is 4.39 Å². The van der Waals surface area contributed by atoms with E-state index in [1.54, 1.807) is 12.1 Å². The van der Waals surface area contributed by atoms with Gasteiger partial charge in [-0.3, -0.25) is 4.79 Å². The largest absolute Gasteiger partial charge is 0.356 e. The predicted octanol–water partition coefficient (Wildman–Crippen LogP) is 3.10. The molecule has 0 aliphatic rings. The highest BCUT2D eigenvalue weighted by molar-refractivity contribution is 5.80. The first-order chi connectivity index (χ1) is 7.52. The van der Waals surface area contributed by atoms with Gasteiger partial charge in [0.15, 0.2) is 5.43 Å². The van der Waals surface area contributed by atoms with Crippen molar-refractivity contribution in [1.82, 2.24) is 4.98 Å². The fourth-order valence-electron chi connectivity index (χ4n) is 2.11. The number of pyridine rings is 1. The maximum Gasteiger partial charge on any atom is 0.193 e. The number of nitrogens with one attached hydrogen (secondary N) is 1. The maximum absolute atomic E-state index is 13.5. The Morgan fingerprint density at radius 3 is 2.62 bits per heavy atom. The van der Waals surface area contributed by atoms with Crippen molar-refractivity contribution in [2.45, 2.75) is 26.7 Å². The van der Waals surface area contributed by atoms with Crippen molar-refractivity contribution in [2.24, 2.45) is 0 Å². The Morgan fingerprint density at radius 2 is 2.00 bits per heavy atom. The standard InChI is InChI=1S/C13H14FNO/c1-7(2)11-8(3)15-12-9(13(11)16)5-4-6-10(12)14/h4-7H,1-3H3,(H,15,16). The third-order valence-corrected chi connectivity index (χ3v) is 2.80. The monoisotopic (exact) mass is 219 g/mol. The van der Waals surface area contributed by atoms with Gasteiger partial charge in [0.2, 0.25) is 0 Å². The van der Waals surface area contributed by atoms with Crippen molar-refractivity contribution in [3.05, 3.63) is 45.5 Å². The lowest BCUT2D eigenvalue weighted by molar-refractivity contribution is 0.636. The van der Waals surface area contributed by atoms with Crippen molar-refractivity contribution < 1.29 is 4.39 Å². The van der Waals surface area contributed by atoms with Crippen molar-refractivity contribution in [3.8, 4) is 0 Å². The van der Waals surface area contributed by atoms with Gasteiger partial charge in [0.05, 0.1) is 5.52 Å². The molecule has 0 saturated carbocycles. The molecule has 0 amide bonds. The molecule has 0 aliphatic carbocycles. The second-order valence-corrected chi connectivity index (χ2v) is 4.31. The zero-order chi connectivity index (χ0) is 11.9. The van der Waals surface area contributed by atoms with Gasteiger partial charge < -0.3 is 4.98 Å². The van der Waals surface area contributed by atoms with Crippen molar-refractivity contribution >= 4 is 10.9 Å². The Kier molecular flexibility index (Phi) is 2.54. The number of benzene rings is 1. The molecule has 0 saturated heterocycles. The molecule has 16 heavy (non-hydrogen) atoms. The van der Waals surface area contributed by atoms with Crippen LogP contribution in [0.4, 0.5) is 4.39 Å². The summed E-state index contributed by atoms with van der Waals surface area (Å²) < 4.78 is 13.5. The van der Waals surface area contributed by atoms with E-state index in [0.29, 0.717) is 10.9 Å². The molecular formula is C13H14FNO. The van der Waals surface area contributed by atoms with E-state index in [-0.39, 0.29) is 17.2 Å². The molecule has 0 atom stereocenters. The minimum absolute atomic E-state index is 0.0687. The van der Waals surface area contributed by atoms with Crippen LogP contribution in [0, 0.1) is 12.7 Å². The molecule has 0 bridgehead atoms. The number of rotatable bonds is 1. The first kappa shape index (κ1) is 10.9. The second kappa shape index (κ2) is 3.74. The summed E-state index contributed by atoms with van der Waals surface area (Å²) in [7, 11) is 0. The average Bonchev–Trinajstić information content (AvgIpc) is 2.19. The Bertz CT molecular complexity index is 599. The summed E-state index contributed by atoms with van der Waals surface area (Å²) in [5.74, 6) is -0.246. The van der Waals surface area contributed by atoms with Crippen molar-refractivity contribution in [1.29, 1.82) is 0 Å². The number of H-pyrrole nitrogens is 1. The van der Waals surface area contributed by atoms with Crippen LogP contribution in [0.5, 0.6) is 0 Å². The first-order valence-electron chi connectivity index (χ1n) is 5.33. The summed E-state index contributed by atoms with van der Waals surface area (Å²) >= 11 is 0. The number of hydrogen-bond acceptors (Lipinski definition) is 1. The van der Waals surface area contributed by atoms with Gasteiger partial charge in [-0.05, 0) is 25.0 Å². The molecular weight excluding hydrogens is 205 g/mol. The number of halogens is 1. The predicted molar refractivity (Wildman–Crippen MR) is 63.4 cm³/mol. The molecule has 1 aromatic heterocycles. The van der Waals surface area contributed by atoms with E-state index in [0.717, 1.165) is 11.3 Å². The van der Waals surface area contributed by atoms with Gasteiger partial charge in [-0.15, -0.1) is 0 Å². The summed E-state index contributed by atoms with van der Waals surface area (Å²) in [6, 6.07) is 4.57. The lowest BCUT2D eigenvalue weighted by Crippen LogP contribution is -2.15. The highest BCUT2D eigenvalue weighted by Crippen LogP contribution is 2.19. The molecule has 0 unspecified atom stereocenters. The van der Waals surface area contributed by atoms with E-state index < -0.39 is 0 Å². The summed E-state index contributed by atoms with van der Waals surface area (Å²) in [5, 5.41) is 0.425. The summed E-state index contributed by atoms with van der Waals surface area (Å²) in [4.78, 5) is 15.1. The zero-order valence-corrected chi connectivity index (χ0v) is 9.60. The van der Waals surface area contributed by atoms with Crippen LogP contribution in [0.1, 0.15) is 31.0 Å². The van der Waals surface area contributed by atoms with Crippen molar-refractivity contribution in [2.75, 3.05) is 0 Å². The zero-order valence-electron chi connectivity index (χ0n) is 9.60. The van der Waals surface area contributed by atoms with E-state index >= 15 is 0 Å². The fraction of sp³-hybridized carbons (Fsp3) is 0.308. The minimum atomic E-state index is -0.381. The van der Waals surface area contributed by atoms with Crippen LogP contribution in [0.2, 0.25) is 0 Å². The number of aromatic amines is 1. The molecule has 0 fully saturated rings. The molecule has 1 heterocycles. The first-order valence-corrected chi connectivity index (χ1v) is 5.33. The Morgan fingerprint density at radius 1 is 1.31 bits per heavy atom. The molecule has 1 N–H and O–H groups in total. The third kappa shape index (κ3) is 1.52. The van der Waals surface area contributed by atoms with E-state index in [1.807, 2.05) is 20.8 Å². The van der Waals surface area contributed by atoms with Crippen LogP contribution in [-0.4, -0.2) is 4.98 Å². The molecule has 1 aromatic carbocycles. The molecule has 2 rings (SSSR count). The highest BCUT2D eigenvalue weighted by Gasteiger charge is 2.13. The number of para-hydroxylation sites is 1. The SMILES string of the molecule is Cc1[nH]c2c(F)cccc2c(=O)c1C(C)C. The van der Waals surface area contributed by atoms with Crippen LogP contribution in [0.25, 0.3) is 10.9 Å². The smallest absolute Gasteiger partial charge is 0.193 e. The third-order valence-electron chi connectivity index (χ3n) is 2.80. The number of aryl methyl sites for hydroxylation is 1. The summed E-state index contributed by atoms with van der Waals surface area (Å²) in [5.41, 5.74) is 1.71. The molecule has 2 nitrogen and oxygen atoms in total. The number of aromatic nitrogens is 1. The lowest BCUT2D eigenvalue weighted by atomic mass is 9.99. The van der Waals surface area contributed by atoms with E-state index in [4.69, 9.17) is 0 Å². The van der Waals surface area contributed by atoms with Crippen LogP contribution >= 0.6 is 0 Å². The number of fused-ring (bicyclic) bond motifs is 1. The Labute approximate surface area is 93.1 Å². The average molecular weight is 219 g/mol. The van der Waals surface area contributed by atoms with Crippen molar-refractivity contribution in [3.63, 3.8) is 0 Å². The molecule has 84 valence electrons.